The van der Waals surface area contributed by atoms with E-state index in [1.807, 2.05) is 0 Å². The summed E-state index contributed by atoms with van der Waals surface area (Å²) < 4.78 is 22.6. The molecular weight excluding hydrogens is 290 g/mol. The van der Waals surface area contributed by atoms with Gasteiger partial charge in [0, 0.05) is 0 Å². The van der Waals surface area contributed by atoms with Crippen molar-refractivity contribution in [1.82, 2.24) is 0 Å². The molecule has 0 unspecified atom stereocenters. The molecule has 4 N–H and O–H groups in total. The lowest BCUT2D eigenvalue weighted by atomic mass is 10.1. The summed E-state index contributed by atoms with van der Waals surface area (Å²) in [5.41, 5.74) is 0.768. The van der Waals surface area contributed by atoms with Gasteiger partial charge >= 0.3 is 15.2 Å². The van der Waals surface area contributed by atoms with E-state index in [1.54, 1.807) is 13.0 Å². The molecule has 2 aromatic carbocycles. The molecule has 2 aromatic rings. The highest BCUT2D eigenvalue weighted by Gasteiger charge is 2.23. The molecule has 0 radical (unpaired) electrons. The molecule has 0 saturated heterocycles. The molecule has 2 rings (SSSR count). The minimum atomic E-state index is -4.51. The van der Waals surface area contributed by atoms with E-state index in [2.05, 4.69) is 0 Å². The van der Waals surface area contributed by atoms with Crippen LogP contribution in [0.3, 0.4) is 0 Å². The van der Waals surface area contributed by atoms with Gasteiger partial charge in [0.05, 0.1) is 10.6 Å². The first-order chi connectivity index (χ1) is 8.60. The third kappa shape index (κ3) is 2.79. The predicted octanol–water partition coefficient (Wildman–Crippen LogP) is 0.754. The average Bonchev–Trinajstić information content (AvgIpc) is 2.26. The van der Waals surface area contributed by atoms with Gasteiger partial charge in [-0.25, -0.2) is 0 Å². The predicted molar refractivity (Wildman–Crippen MR) is 72.0 cm³/mol. The molecule has 0 amide bonds. The van der Waals surface area contributed by atoms with Gasteiger partial charge in [-0.3, -0.25) is 9.13 Å². The lowest BCUT2D eigenvalue weighted by Crippen LogP contribution is -2.10. The molecule has 19 heavy (non-hydrogen) atoms. The number of rotatable bonds is 2. The Hall–Kier alpha value is -1.00. The molecule has 0 bridgehead atoms. The van der Waals surface area contributed by atoms with Crippen molar-refractivity contribution in [3.63, 3.8) is 0 Å². The zero-order chi connectivity index (χ0) is 14.4. The van der Waals surface area contributed by atoms with E-state index in [1.165, 1.54) is 18.2 Å². The second-order valence-corrected chi connectivity index (χ2v) is 7.39. The van der Waals surface area contributed by atoms with E-state index in [-0.39, 0.29) is 16.0 Å². The average molecular weight is 302 g/mol. The van der Waals surface area contributed by atoms with Crippen molar-refractivity contribution in [2.75, 3.05) is 0 Å². The van der Waals surface area contributed by atoms with Gasteiger partial charge in [0.15, 0.2) is 0 Å². The van der Waals surface area contributed by atoms with Crippen LogP contribution < -0.4 is 10.6 Å². The number of benzene rings is 2. The maximum absolute atomic E-state index is 11.4. The Kier molecular flexibility index (Phi) is 3.43. The van der Waals surface area contributed by atoms with Crippen LogP contribution in [-0.4, -0.2) is 19.6 Å². The molecule has 0 fully saturated rings. The third-order valence-corrected chi connectivity index (χ3v) is 4.81. The number of hydrogen-bond acceptors (Lipinski definition) is 2. The zero-order valence-electron chi connectivity index (χ0n) is 9.89. The first-order valence-corrected chi connectivity index (χ1v) is 8.49. The summed E-state index contributed by atoms with van der Waals surface area (Å²) in [6.45, 7) is 1.75. The topological polar surface area (TPSA) is 115 Å². The molecular formula is C11H12O6P2. The highest BCUT2D eigenvalue weighted by Crippen LogP contribution is 2.39. The minimum Gasteiger partial charge on any atom is -0.321 e. The highest BCUT2D eigenvalue weighted by molar-refractivity contribution is 7.61. The summed E-state index contributed by atoms with van der Waals surface area (Å²) in [4.78, 5) is 36.8. The molecule has 102 valence electrons. The Morgan fingerprint density at radius 2 is 1.47 bits per heavy atom. The molecule has 0 heterocycles. The lowest BCUT2D eigenvalue weighted by Gasteiger charge is -2.12. The third-order valence-electron chi connectivity index (χ3n) is 2.85. The Labute approximate surface area is 109 Å². The molecule has 0 aliphatic heterocycles. The Bertz CT molecular complexity index is 742. The quantitative estimate of drug-likeness (QED) is 0.609. The standard InChI is InChI=1S/C11H12O6P2/c1-7-2-5-11(19(15,16)17)10-6-8(18(12,13)14)3-4-9(7)10/h2-6H,1H3,(H2,12,13,14)(H2,15,16,17). The van der Waals surface area contributed by atoms with Crippen molar-refractivity contribution < 1.29 is 28.7 Å². The Morgan fingerprint density at radius 3 is 2.00 bits per heavy atom. The van der Waals surface area contributed by atoms with Crippen LogP contribution in [0.5, 0.6) is 0 Å². The second-order valence-electron chi connectivity index (χ2n) is 4.22. The van der Waals surface area contributed by atoms with Gasteiger partial charge < -0.3 is 19.6 Å². The van der Waals surface area contributed by atoms with Crippen LogP contribution in [-0.2, 0) is 9.13 Å². The summed E-state index contributed by atoms with van der Waals surface area (Å²) in [6.07, 6.45) is 0. The largest absolute Gasteiger partial charge is 0.356 e. The van der Waals surface area contributed by atoms with Crippen molar-refractivity contribution in [1.29, 1.82) is 0 Å². The fourth-order valence-corrected chi connectivity index (χ4v) is 3.24. The van der Waals surface area contributed by atoms with Gasteiger partial charge in [-0.2, -0.15) is 0 Å². The van der Waals surface area contributed by atoms with Crippen LogP contribution >= 0.6 is 15.2 Å². The van der Waals surface area contributed by atoms with Crippen LogP contribution in [0.15, 0.2) is 30.3 Å². The molecule has 0 atom stereocenters. The first kappa shape index (κ1) is 14.4. The monoisotopic (exact) mass is 302 g/mol. The summed E-state index contributed by atoms with van der Waals surface area (Å²) >= 11 is 0. The van der Waals surface area contributed by atoms with Crippen LogP contribution in [0.4, 0.5) is 0 Å². The molecule has 8 heteroatoms. The van der Waals surface area contributed by atoms with Crippen molar-refractivity contribution in [2.24, 2.45) is 0 Å². The second kappa shape index (κ2) is 4.53. The van der Waals surface area contributed by atoms with Crippen LogP contribution in [0.2, 0.25) is 0 Å². The normalized spacial score (nSPS) is 12.9. The molecule has 0 aliphatic rings. The van der Waals surface area contributed by atoms with Gasteiger partial charge in [0.25, 0.3) is 0 Å². The van der Waals surface area contributed by atoms with Crippen LogP contribution in [0.1, 0.15) is 5.56 Å². The van der Waals surface area contributed by atoms with E-state index in [0.29, 0.717) is 5.39 Å². The Morgan fingerprint density at radius 1 is 0.842 bits per heavy atom. The number of hydrogen-bond donors (Lipinski definition) is 4. The van der Waals surface area contributed by atoms with Crippen molar-refractivity contribution in [2.45, 2.75) is 6.92 Å². The smallest absolute Gasteiger partial charge is 0.321 e. The number of aryl methyl sites for hydroxylation is 1. The van der Waals surface area contributed by atoms with E-state index in [9.17, 15) is 18.9 Å². The minimum absolute atomic E-state index is 0.161. The van der Waals surface area contributed by atoms with Gasteiger partial charge in [0.1, 0.15) is 0 Å². The van der Waals surface area contributed by atoms with Crippen molar-refractivity contribution in [3.8, 4) is 0 Å². The summed E-state index contributed by atoms with van der Waals surface area (Å²) in [7, 11) is -8.97. The summed E-state index contributed by atoms with van der Waals surface area (Å²) in [5.74, 6) is 0. The maximum Gasteiger partial charge on any atom is 0.356 e. The van der Waals surface area contributed by atoms with Crippen LogP contribution in [0, 0.1) is 6.92 Å². The zero-order valence-corrected chi connectivity index (χ0v) is 11.7. The fourth-order valence-electron chi connectivity index (χ4n) is 1.91. The van der Waals surface area contributed by atoms with E-state index in [4.69, 9.17) is 9.79 Å². The summed E-state index contributed by atoms with van der Waals surface area (Å²) in [5, 5.41) is 0.218. The first-order valence-electron chi connectivity index (χ1n) is 5.26. The van der Waals surface area contributed by atoms with Crippen molar-refractivity contribution in [3.05, 3.63) is 35.9 Å². The fraction of sp³-hybridized carbons (Fsp3) is 0.0909. The molecule has 0 spiro atoms. The Balaban J connectivity index is 2.90. The molecule has 0 aromatic heterocycles. The molecule has 0 saturated carbocycles. The van der Waals surface area contributed by atoms with Gasteiger partial charge in [-0.05, 0) is 41.5 Å². The van der Waals surface area contributed by atoms with Crippen LogP contribution in [0.25, 0.3) is 10.8 Å². The van der Waals surface area contributed by atoms with Gasteiger partial charge in [-0.1, -0.05) is 12.1 Å². The van der Waals surface area contributed by atoms with Gasteiger partial charge in [0.2, 0.25) is 0 Å². The van der Waals surface area contributed by atoms with E-state index < -0.39 is 15.2 Å². The highest BCUT2D eigenvalue weighted by atomic mass is 31.2. The van der Waals surface area contributed by atoms with Crippen molar-refractivity contribution >= 4 is 36.6 Å². The van der Waals surface area contributed by atoms with E-state index in [0.717, 1.165) is 11.6 Å². The SMILES string of the molecule is Cc1ccc(P(=O)(O)O)c2cc(P(=O)(O)O)ccc12. The summed E-state index contributed by atoms with van der Waals surface area (Å²) in [6, 6.07) is 6.70. The lowest BCUT2D eigenvalue weighted by molar-refractivity contribution is 0.385. The van der Waals surface area contributed by atoms with Gasteiger partial charge in [-0.15, -0.1) is 0 Å². The maximum atomic E-state index is 11.4. The van der Waals surface area contributed by atoms with E-state index >= 15 is 0 Å². The molecule has 6 nitrogen and oxygen atoms in total. The molecule has 0 aliphatic carbocycles. The number of fused-ring (bicyclic) bond motifs is 1.